The number of halogens is 2. The molecule has 2 aromatic heterocycles. The smallest absolute Gasteiger partial charge is 0.407 e. The SMILES string of the molecule is CC(C)(C)OC(=O)N[C@H](CF)C1CCC(C(=O)N2CC[C@@H](C3CCCCC3)[C@H]2C(=O)Nc2ccc3nc(C(=O)O)c(Cl)n3c2)CC1. The van der Waals surface area contributed by atoms with Crippen molar-refractivity contribution in [3.63, 3.8) is 0 Å². The van der Waals surface area contributed by atoms with E-state index >= 15 is 0 Å². The van der Waals surface area contributed by atoms with Gasteiger partial charge in [-0.1, -0.05) is 43.7 Å². The van der Waals surface area contributed by atoms with Gasteiger partial charge in [0, 0.05) is 18.7 Å². The normalized spacial score (nSPS) is 24.8. The van der Waals surface area contributed by atoms with Gasteiger partial charge in [0.25, 0.3) is 0 Å². The Kier molecular flexibility index (Phi) is 10.4. The number of nitrogens with zero attached hydrogens (tertiary/aromatic N) is 3. The molecule has 2 saturated carbocycles. The molecular weight excluding hydrogens is 617 g/mol. The predicted molar refractivity (Wildman–Crippen MR) is 171 cm³/mol. The standard InChI is InChI=1S/C33H45ClFN5O6/c1-33(2,3)46-32(45)37-24(17-35)20-9-11-21(12-10-20)30(42)39-16-15-23(19-7-5-4-6-8-19)27(39)29(41)36-22-13-14-25-38-26(31(43)44)28(34)40(25)18-22/h13-14,18-21,23-24,27H,4-12,15-17H2,1-3H3,(H,36,41)(H,37,45)(H,43,44)/t20?,21?,23-,24+,27-/m0/s1. The van der Waals surface area contributed by atoms with Crippen LogP contribution < -0.4 is 10.6 Å². The van der Waals surface area contributed by atoms with E-state index in [2.05, 4.69) is 15.6 Å². The fourth-order valence-corrected chi connectivity index (χ4v) is 7.90. The average Bonchev–Trinajstić information content (AvgIpc) is 3.61. The predicted octanol–water partition coefficient (Wildman–Crippen LogP) is 6.09. The molecule has 3 aliphatic rings. The van der Waals surface area contributed by atoms with Gasteiger partial charge in [-0.15, -0.1) is 0 Å². The van der Waals surface area contributed by atoms with E-state index in [-0.39, 0.29) is 40.4 Å². The second kappa shape index (κ2) is 14.1. The lowest BCUT2D eigenvalue weighted by Crippen LogP contribution is -2.50. The van der Waals surface area contributed by atoms with Gasteiger partial charge in [0.2, 0.25) is 11.8 Å². The minimum atomic E-state index is -1.25. The molecule has 2 aliphatic carbocycles. The fraction of sp³-hybridized carbons (Fsp3) is 0.667. The number of amides is 3. The summed E-state index contributed by atoms with van der Waals surface area (Å²) in [5.41, 5.74) is -0.203. The molecule has 5 rings (SSSR count). The number of anilines is 1. The Bertz CT molecular complexity index is 1450. The number of carbonyl (C=O) groups excluding carboxylic acids is 3. The summed E-state index contributed by atoms with van der Waals surface area (Å²) < 4.78 is 20.7. The first-order chi connectivity index (χ1) is 21.9. The zero-order chi connectivity index (χ0) is 33.2. The second-order valence-corrected chi connectivity index (χ2v) is 14.4. The number of rotatable bonds is 8. The van der Waals surface area contributed by atoms with Crippen molar-refractivity contribution in [2.75, 3.05) is 18.5 Å². The summed E-state index contributed by atoms with van der Waals surface area (Å²) in [6.07, 6.45) is 9.39. The quantitative estimate of drug-likeness (QED) is 0.311. The number of ether oxygens (including phenoxy) is 1. The largest absolute Gasteiger partial charge is 0.476 e. The Labute approximate surface area is 273 Å². The summed E-state index contributed by atoms with van der Waals surface area (Å²) in [5.74, 6) is -1.58. The summed E-state index contributed by atoms with van der Waals surface area (Å²) in [7, 11) is 0. The number of hydrogen-bond donors (Lipinski definition) is 3. The Balaban J connectivity index is 1.29. The molecule has 0 bridgehead atoms. The number of hydrogen-bond acceptors (Lipinski definition) is 6. The van der Waals surface area contributed by atoms with E-state index in [0.717, 1.165) is 32.1 Å². The van der Waals surface area contributed by atoms with Crippen LogP contribution in [0.5, 0.6) is 0 Å². The molecule has 3 N–H and O–H groups in total. The molecule has 3 amide bonds. The first kappa shape index (κ1) is 33.9. The van der Waals surface area contributed by atoms with Crippen molar-refractivity contribution in [1.82, 2.24) is 19.6 Å². The van der Waals surface area contributed by atoms with Gasteiger partial charge < -0.3 is 25.4 Å². The molecular formula is C33H45ClFN5O6. The lowest BCUT2D eigenvalue weighted by atomic mass is 9.76. The molecule has 2 aromatic rings. The lowest BCUT2D eigenvalue weighted by molar-refractivity contribution is -0.142. The van der Waals surface area contributed by atoms with Gasteiger partial charge in [-0.05, 0) is 82.8 Å². The number of carboxylic acid groups (broad SMARTS) is 1. The number of carboxylic acids is 1. The highest BCUT2D eigenvalue weighted by Crippen LogP contribution is 2.41. The van der Waals surface area contributed by atoms with Crippen molar-refractivity contribution in [3.05, 3.63) is 29.2 Å². The number of pyridine rings is 1. The van der Waals surface area contributed by atoms with Gasteiger partial charge in [0.15, 0.2) is 5.69 Å². The molecule has 0 radical (unpaired) electrons. The molecule has 3 heterocycles. The third-order valence-electron chi connectivity index (χ3n) is 9.84. The Morgan fingerprint density at radius 3 is 2.39 bits per heavy atom. The van der Waals surface area contributed by atoms with Crippen LogP contribution in [0.25, 0.3) is 5.65 Å². The summed E-state index contributed by atoms with van der Waals surface area (Å²) in [6, 6.07) is 1.92. The molecule has 1 aliphatic heterocycles. The van der Waals surface area contributed by atoms with E-state index in [4.69, 9.17) is 16.3 Å². The van der Waals surface area contributed by atoms with E-state index in [0.29, 0.717) is 49.5 Å². The van der Waals surface area contributed by atoms with Crippen molar-refractivity contribution in [2.45, 2.75) is 103 Å². The van der Waals surface area contributed by atoms with Crippen molar-refractivity contribution < 1.29 is 33.4 Å². The molecule has 252 valence electrons. The van der Waals surface area contributed by atoms with Crippen LogP contribution in [0.2, 0.25) is 5.15 Å². The first-order valence-electron chi connectivity index (χ1n) is 16.4. The molecule has 13 heteroatoms. The number of fused-ring (bicyclic) bond motifs is 1. The van der Waals surface area contributed by atoms with Gasteiger partial charge in [-0.3, -0.25) is 14.0 Å². The van der Waals surface area contributed by atoms with Gasteiger partial charge in [-0.2, -0.15) is 0 Å². The van der Waals surface area contributed by atoms with Crippen molar-refractivity contribution in [1.29, 1.82) is 0 Å². The van der Waals surface area contributed by atoms with E-state index in [1.807, 2.05) is 0 Å². The van der Waals surface area contributed by atoms with Crippen molar-refractivity contribution in [3.8, 4) is 0 Å². The zero-order valence-corrected chi connectivity index (χ0v) is 27.5. The van der Waals surface area contributed by atoms with Crippen LogP contribution in [0.15, 0.2) is 18.3 Å². The van der Waals surface area contributed by atoms with Gasteiger partial charge in [0.1, 0.15) is 29.1 Å². The van der Waals surface area contributed by atoms with Crippen molar-refractivity contribution in [2.24, 2.45) is 23.7 Å². The molecule has 0 aromatic carbocycles. The molecule has 46 heavy (non-hydrogen) atoms. The second-order valence-electron chi connectivity index (χ2n) is 14.0. The average molecular weight is 662 g/mol. The van der Waals surface area contributed by atoms with E-state index in [1.54, 1.807) is 44.0 Å². The van der Waals surface area contributed by atoms with Gasteiger partial charge in [0.05, 0.1) is 11.7 Å². The molecule has 3 atom stereocenters. The van der Waals surface area contributed by atoms with Crippen LogP contribution in [-0.2, 0) is 14.3 Å². The monoisotopic (exact) mass is 661 g/mol. The number of alkyl halides is 1. The van der Waals surface area contributed by atoms with Gasteiger partial charge in [-0.25, -0.2) is 19.0 Å². The summed E-state index contributed by atoms with van der Waals surface area (Å²) in [4.78, 5) is 57.7. The topological polar surface area (TPSA) is 142 Å². The summed E-state index contributed by atoms with van der Waals surface area (Å²) in [6.45, 7) is 5.04. The van der Waals surface area contributed by atoms with E-state index in [9.17, 15) is 28.7 Å². The Morgan fingerprint density at radius 2 is 1.76 bits per heavy atom. The minimum absolute atomic E-state index is 0.0358. The number of nitrogens with one attached hydrogen (secondary N) is 2. The van der Waals surface area contributed by atoms with Gasteiger partial charge >= 0.3 is 12.1 Å². The number of carbonyl (C=O) groups is 4. The lowest BCUT2D eigenvalue weighted by Gasteiger charge is -2.37. The first-order valence-corrected chi connectivity index (χ1v) is 16.8. The molecule has 0 unspecified atom stereocenters. The van der Waals surface area contributed by atoms with Crippen molar-refractivity contribution >= 4 is 46.8 Å². The van der Waals surface area contributed by atoms with E-state index in [1.165, 1.54) is 10.8 Å². The molecule has 0 spiro atoms. The summed E-state index contributed by atoms with van der Waals surface area (Å²) in [5, 5.41) is 15.0. The highest BCUT2D eigenvalue weighted by atomic mass is 35.5. The number of alkyl carbamates (subject to hydrolysis) is 1. The van der Waals surface area contributed by atoms with Crippen LogP contribution in [0, 0.1) is 23.7 Å². The van der Waals surface area contributed by atoms with E-state index < -0.39 is 36.4 Å². The number of likely N-dealkylation sites (tertiary alicyclic amines) is 1. The van der Waals surface area contributed by atoms with Crippen LogP contribution >= 0.6 is 11.6 Å². The zero-order valence-electron chi connectivity index (χ0n) is 26.8. The summed E-state index contributed by atoms with van der Waals surface area (Å²) >= 11 is 6.26. The highest BCUT2D eigenvalue weighted by molar-refractivity contribution is 6.32. The molecule has 3 fully saturated rings. The maximum Gasteiger partial charge on any atom is 0.407 e. The molecule has 11 nitrogen and oxygen atoms in total. The highest BCUT2D eigenvalue weighted by Gasteiger charge is 2.47. The third kappa shape index (κ3) is 7.58. The maximum absolute atomic E-state index is 14.1. The van der Waals surface area contributed by atoms with Crippen LogP contribution in [0.3, 0.4) is 0 Å². The minimum Gasteiger partial charge on any atom is -0.476 e. The number of imidazole rings is 1. The number of aromatic carboxylic acids is 1. The van der Waals surface area contributed by atoms with Crippen LogP contribution in [0.1, 0.15) is 95.5 Å². The Morgan fingerprint density at radius 1 is 1.07 bits per heavy atom. The third-order valence-corrected chi connectivity index (χ3v) is 10.2. The fourth-order valence-electron chi connectivity index (χ4n) is 7.64. The van der Waals surface area contributed by atoms with Crippen LogP contribution in [-0.4, -0.2) is 74.2 Å². The van der Waals surface area contributed by atoms with Crippen LogP contribution in [0.4, 0.5) is 14.9 Å². The maximum atomic E-state index is 14.1. The number of aromatic nitrogens is 2. The Hall–Kier alpha value is -3.41. The molecule has 1 saturated heterocycles.